The Hall–Kier alpha value is -3.65. The Morgan fingerprint density at radius 3 is 0.814 bits per heavy atom. The van der Waals surface area contributed by atoms with E-state index in [-0.39, 0.29) is 21.1 Å². The van der Waals surface area contributed by atoms with Crippen LogP contribution in [0.4, 0.5) is 0 Å². The van der Waals surface area contributed by atoms with E-state index in [0.29, 0.717) is 0 Å². The second-order valence-corrected chi connectivity index (χ2v) is 13.9. The van der Waals surface area contributed by atoms with Gasteiger partial charge in [-0.25, -0.2) is 0 Å². The molecule has 0 heterocycles. The zero-order valence-electron chi connectivity index (χ0n) is 23.9. The molecule has 0 fully saturated rings. The van der Waals surface area contributed by atoms with E-state index in [9.17, 15) is 0 Å². The molecule has 0 radical (unpaired) electrons. The zero-order valence-corrected chi connectivity index (χ0v) is 28.0. The van der Waals surface area contributed by atoms with Gasteiger partial charge in [-0.05, 0) is 58.8 Å². The van der Waals surface area contributed by atoms with Crippen LogP contribution < -0.4 is 31.8 Å². The summed E-state index contributed by atoms with van der Waals surface area (Å²) in [4.78, 5) is 0. The maximum atomic E-state index is 3.97. The molecule has 3 heteroatoms. The summed E-state index contributed by atoms with van der Waals surface area (Å²) in [6.07, 6.45) is 3.91. The Bertz CT molecular complexity index is 1490. The van der Waals surface area contributed by atoms with Gasteiger partial charge in [0.05, 0.1) is 0 Å². The Balaban J connectivity index is 0.000000192. The van der Waals surface area contributed by atoms with Crippen LogP contribution in [0.1, 0.15) is 11.1 Å². The molecule has 0 aromatic heterocycles. The van der Waals surface area contributed by atoms with Crippen LogP contribution in [0, 0.1) is 0 Å². The second kappa shape index (κ2) is 16.8. The van der Waals surface area contributed by atoms with Crippen molar-refractivity contribution in [1.29, 1.82) is 0 Å². The van der Waals surface area contributed by atoms with Crippen LogP contribution in [0.2, 0.25) is 0 Å². The minimum absolute atomic E-state index is 0. The summed E-state index contributed by atoms with van der Waals surface area (Å²) < 4.78 is 0. The van der Waals surface area contributed by atoms with Gasteiger partial charge < -0.3 is 0 Å². The third-order valence-electron chi connectivity index (χ3n) is 6.85. The number of benzene rings is 6. The minimum Gasteiger partial charge on any atom is -0.0984 e. The quantitative estimate of drug-likeness (QED) is 0.137. The van der Waals surface area contributed by atoms with Crippen LogP contribution in [0.15, 0.2) is 183 Å². The van der Waals surface area contributed by atoms with E-state index in [2.05, 4.69) is 183 Å². The van der Waals surface area contributed by atoms with Gasteiger partial charge in [-0.2, -0.15) is 0 Å². The van der Waals surface area contributed by atoms with Crippen LogP contribution in [0.5, 0.6) is 0 Å². The molecule has 0 nitrogen and oxygen atoms in total. The first-order chi connectivity index (χ1) is 20.8. The summed E-state index contributed by atoms with van der Waals surface area (Å²) in [5, 5.41) is 8.20. The first kappa shape index (κ1) is 32.3. The van der Waals surface area contributed by atoms with Gasteiger partial charge in [0, 0.05) is 21.1 Å². The fourth-order valence-corrected chi connectivity index (χ4v) is 9.80. The van der Waals surface area contributed by atoms with E-state index in [4.69, 9.17) is 0 Å². The first-order valence-corrected chi connectivity index (χ1v) is 16.7. The molecule has 0 atom stereocenters. The Morgan fingerprint density at radius 2 is 0.558 bits per heavy atom. The normalized spacial score (nSPS) is 10.3. The molecule has 0 aliphatic rings. The Morgan fingerprint density at radius 1 is 0.326 bits per heavy atom. The van der Waals surface area contributed by atoms with Gasteiger partial charge in [-0.15, -0.1) is 0 Å². The monoisotopic (exact) mass is 771 g/mol. The van der Waals surface area contributed by atoms with Crippen molar-refractivity contribution >= 4 is 59.8 Å². The standard InChI is InChI=1S/2C20H17P.Pt/c2*1-2-17-11-9-10-16-20(17)21(18-12-5-3-6-13-18)19-14-7-4-8-15-19;/h2*2-16H,1H2;. The average Bonchev–Trinajstić information content (AvgIpc) is 3.08. The van der Waals surface area contributed by atoms with Crippen LogP contribution in [-0.2, 0) is 21.1 Å². The second-order valence-electron chi connectivity index (χ2n) is 9.54. The molecular weight excluding hydrogens is 737 g/mol. The summed E-state index contributed by atoms with van der Waals surface area (Å²) in [5.74, 6) is 0. The van der Waals surface area contributed by atoms with Crippen LogP contribution in [0.3, 0.4) is 0 Å². The minimum atomic E-state index is -0.544. The van der Waals surface area contributed by atoms with Crippen LogP contribution in [0.25, 0.3) is 12.2 Å². The summed E-state index contributed by atoms with van der Waals surface area (Å²) in [7, 11) is -1.09. The van der Waals surface area contributed by atoms with Crippen molar-refractivity contribution in [3.05, 3.63) is 194 Å². The fraction of sp³-hybridized carbons (Fsp3) is 0. The molecule has 0 unspecified atom stereocenters. The van der Waals surface area contributed by atoms with Crippen molar-refractivity contribution in [1.82, 2.24) is 0 Å². The molecule has 0 saturated heterocycles. The van der Waals surface area contributed by atoms with Gasteiger partial charge in [0.2, 0.25) is 0 Å². The predicted octanol–water partition coefficient (Wildman–Crippen LogP) is 8.17. The van der Waals surface area contributed by atoms with Crippen molar-refractivity contribution in [3.8, 4) is 0 Å². The van der Waals surface area contributed by atoms with E-state index in [1.165, 1.54) is 43.0 Å². The van der Waals surface area contributed by atoms with E-state index in [0.717, 1.165) is 0 Å². The maximum Gasteiger partial charge on any atom is 0 e. The summed E-state index contributed by atoms with van der Waals surface area (Å²) in [6, 6.07) is 60.1. The molecule has 0 aliphatic heterocycles. The SMILES string of the molecule is C=Cc1ccccc1P(c1ccccc1)c1ccccc1.C=Cc1ccccc1P(c1ccccc1)c1ccccc1.[Pt]. The van der Waals surface area contributed by atoms with E-state index >= 15 is 0 Å². The number of hydrogen-bond donors (Lipinski definition) is 0. The Labute approximate surface area is 273 Å². The van der Waals surface area contributed by atoms with Gasteiger partial charge in [-0.1, -0.05) is 195 Å². The third-order valence-corrected chi connectivity index (χ3v) is 11.9. The number of rotatable bonds is 8. The molecule has 6 aromatic carbocycles. The van der Waals surface area contributed by atoms with Crippen LogP contribution >= 0.6 is 15.8 Å². The summed E-state index contributed by atoms with van der Waals surface area (Å²) in [6.45, 7) is 7.94. The number of hydrogen-bond acceptors (Lipinski definition) is 0. The van der Waals surface area contributed by atoms with Crippen LogP contribution in [-0.4, -0.2) is 0 Å². The predicted molar refractivity (Wildman–Crippen MR) is 190 cm³/mol. The molecule has 214 valence electrons. The Kier molecular flexibility index (Phi) is 12.6. The van der Waals surface area contributed by atoms with E-state index in [1.54, 1.807) is 0 Å². The van der Waals surface area contributed by atoms with Crippen molar-refractivity contribution in [2.75, 3.05) is 0 Å². The van der Waals surface area contributed by atoms with Gasteiger partial charge >= 0.3 is 0 Å². The zero-order chi connectivity index (χ0) is 29.0. The molecule has 43 heavy (non-hydrogen) atoms. The van der Waals surface area contributed by atoms with E-state index in [1.807, 2.05) is 12.2 Å². The topological polar surface area (TPSA) is 0 Å². The van der Waals surface area contributed by atoms with Crippen molar-refractivity contribution in [2.24, 2.45) is 0 Å². The smallest absolute Gasteiger partial charge is 0 e. The molecule has 0 saturated carbocycles. The largest absolute Gasteiger partial charge is 0.0984 e. The summed E-state index contributed by atoms with van der Waals surface area (Å²) >= 11 is 0. The molecule has 6 rings (SSSR count). The molecule has 0 spiro atoms. The third kappa shape index (κ3) is 8.25. The van der Waals surface area contributed by atoms with Gasteiger partial charge in [0.15, 0.2) is 0 Å². The molecule has 6 aromatic rings. The fourth-order valence-electron chi connectivity index (χ4n) is 4.89. The van der Waals surface area contributed by atoms with Gasteiger partial charge in [-0.3, -0.25) is 0 Å². The van der Waals surface area contributed by atoms with E-state index < -0.39 is 15.8 Å². The molecular formula is C40H34P2Pt. The van der Waals surface area contributed by atoms with Crippen molar-refractivity contribution in [2.45, 2.75) is 0 Å². The van der Waals surface area contributed by atoms with Crippen molar-refractivity contribution < 1.29 is 21.1 Å². The first-order valence-electron chi connectivity index (χ1n) is 14.0. The van der Waals surface area contributed by atoms with Crippen molar-refractivity contribution in [3.63, 3.8) is 0 Å². The molecule has 0 amide bonds. The molecule has 0 bridgehead atoms. The van der Waals surface area contributed by atoms with Gasteiger partial charge in [0.25, 0.3) is 0 Å². The molecule has 0 N–H and O–H groups in total. The average molecular weight is 772 g/mol. The maximum absolute atomic E-state index is 3.97. The molecule has 0 aliphatic carbocycles. The van der Waals surface area contributed by atoms with Gasteiger partial charge in [0.1, 0.15) is 0 Å². The summed E-state index contributed by atoms with van der Waals surface area (Å²) in [5.41, 5.74) is 2.44.